The van der Waals surface area contributed by atoms with Crippen LogP contribution in [0.3, 0.4) is 0 Å². The number of hydrogen-bond donors (Lipinski definition) is 1. The highest BCUT2D eigenvalue weighted by Gasteiger charge is 2.31. The van der Waals surface area contributed by atoms with Crippen molar-refractivity contribution in [2.75, 3.05) is 4.72 Å². The van der Waals surface area contributed by atoms with Crippen molar-refractivity contribution in [3.8, 4) is 0 Å². The van der Waals surface area contributed by atoms with Crippen LogP contribution < -0.4 is 4.72 Å². The molecule has 0 bridgehead atoms. The molecule has 0 aliphatic carbocycles. The summed E-state index contributed by atoms with van der Waals surface area (Å²) in [6.45, 7) is 5.89. The Balaban J connectivity index is 2.37. The fourth-order valence-electron chi connectivity index (χ4n) is 2.11. The van der Waals surface area contributed by atoms with Gasteiger partial charge in [-0.2, -0.15) is 13.2 Å². The number of hydrogen-bond acceptors (Lipinski definition) is 2. The molecule has 136 valence electrons. The maximum atomic E-state index is 12.7. The number of benzene rings is 2. The standard InChI is InChI=1S/C17H17F3INO2S/c1-16(2,3)11-5-4-6-13(9-11)25(23,24)22-15-8-7-12(10-14(15)21)17(18,19)20/h4-10,22H,1-3H3. The molecule has 8 heteroatoms. The zero-order valence-corrected chi connectivity index (χ0v) is 16.8. The predicted octanol–water partition coefficient (Wildman–Crippen LogP) is 5.41. The molecule has 0 unspecified atom stereocenters. The first kappa shape index (κ1) is 20.0. The van der Waals surface area contributed by atoms with Crippen molar-refractivity contribution in [1.82, 2.24) is 0 Å². The van der Waals surface area contributed by atoms with E-state index in [1.807, 2.05) is 26.8 Å². The van der Waals surface area contributed by atoms with E-state index < -0.39 is 21.8 Å². The first-order valence-electron chi connectivity index (χ1n) is 7.31. The van der Waals surface area contributed by atoms with E-state index in [4.69, 9.17) is 0 Å². The lowest BCUT2D eigenvalue weighted by molar-refractivity contribution is -0.137. The Morgan fingerprint density at radius 2 is 1.60 bits per heavy atom. The topological polar surface area (TPSA) is 46.2 Å². The number of halogens is 4. The van der Waals surface area contributed by atoms with E-state index in [0.717, 1.165) is 23.8 Å². The SMILES string of the molecule is CC(C)(C)c1cccc(S(=O)(=O)Nc2ccc(C(F)(F)F)cc2I)c1. The van der Waals surface area contributed by atoms with E-state index in [1.54, 1.807) is 34.7 Å². The summed E-state index contributed by atoms with van der Waals surface area (Å²) in [5, 5.41) is 0. The summed E-state index contributed by atoms with van der Waals surface area (Å²) >= 11 is 1.68. The fourth-order valence-corrected chi connectivity index (χ4v) is 4.07. The number of sulfonamides is 1. The molecule has 2 aromatic carbocycles. The molecule has 0 radical (unpaired) electrons. The van der Waals surface area contributed by atoms with Crippen LogP contribution in [0.1, 0.15) is 31.9 Å². The fraction of sp³-hybridized carbons (Fsp3) is 0.294. The number of rotatable bonds is 3. The third-order valence-electron chi connectivity index (χ3n) is 3.55. The van der Waals surface area contributed by atoms with Gasteiger partial charge in [0.2, 0.25) is 0 Å². The van der Waals surface area contributed by atoms with Gasteiger partial charge >= 0.3 is 6.18 Å². The second-order valence-corrected chi connectivity index (χ2v) is 9.42. The summed E-state index contributed by atoms with van der Waals surface area (Å²) in [7, 11) is -3.90. The summed E-state index contributed by atoms with van der Waals surface area (Å²) in [5.74, 6) is 0. The normalized spacial score (nSPS) is 12.9. The first-order chi connectivity index (χ1) is 11.3. The maximum Gasteiger partial charge on any atom is 0.416 e. The number of anilines is 1. The van der Waals surface area contributed by atoms with Gasteiger partial charge in [-0.25, -0.2) is 8.42 Å². The van der Waals surface area contributed by atoms with E-state index >= 15 is 0 Å². The van der Waals surface area contributed by atoms with Gasteiger partial charge in [0.05, 0.1) is 16.1 Å². The molecular weight excluding hydrogens is 466 g/mol. The Hall–Kier alpha value is -1.29. The van der Waals surface area contributed by atoms with E-state index in [9.17, 15) is 21.6 Å². The number of alkyl halides is 3. The lowest BCUT2D eigenvalue weighted by Crippen LogP contribution is -2.17. The molecule has 0 fully saturated rings. The Morgan fingerprint density at radius 1 is 0.960 bits per heavy atom. The summed E-state index contributed by atoms with van der Waals surface area (Å²) in [6.07, 6.45) is -4.47. The highest BCUT2D eigenvalue weighted by Crippen LogP contribution is 2.33. The minimum Gasteiger partial charge on any atom is -0.279 e. The molecule has 0 aliphatic heterocycles. The largest absolute Gasteiger partial charge is 0.416 e. The molecule has 0 heterocycles. The summed E-state index contributed by atoms with van der Waals surface area (Å²) < 4.78 is 65.8. The summed E-state index contributed by atoms with van der Waals surface area (Å²) in [4.78, 5) is 0.0654. The van der Waals surface area contributed by atoms with Crippen molar-refractivity contribution in [1.29, 1.82) is 0 Å². The Bertz CT molecular complexity index is 887. The van der Waals surface area contributed by atoms with Crippen LogP contribution >= 0.6 is 22.6 Å². The van der Waals surface area contributed by atoms with Gasteiger partial charge < -0.3 is 0 Å². The lowest BCUT2D eigenvalue weighted by Gasteiger charge is -2.20. The zero-order chi connectivity index (χ0) is 19.0. The summed E-state index contributed by atoms with van der Waals surface area (Å²) in [5.41, 5.74) is -0.101. The minimum atomic E-state index is -4.47. The molecule has 0 saturated carbocycles. The lowest BCUT2D eigenvalue weighted by atomic mass is 9.87. The third kappa shape index (κ3) is 4.87. The van der Waals surface area contributed by atoms with Crippen LogP contribution in [-0.2, 0) is 21.6 Å². The van der Waals surface area contributed by atoms with Crippen LogP contribution in [0.25, 0.3) is 0 Å². The van der Waals surface area contributed by atoms with Crippen LogP contribution in [-0.4, -0.2) is 8.42 Å². The quantitative estimate of drug-likeness (QED) is 0.594. The van der Waals surface area contributed by atoms with Crippen LogP contribution in [0.4, 0.5) is 18.9 Å². The summed E-state index contributed by atoms with van der Waals surface area (Å²) in [6, 6.07) is 9.38. The highest BCUT2D eigenvalue weighted by molar-refractivity contribution is 14.1. The predicted molar refractivity (Wildman–Crippen MR) is 100 cm³/mol. The van der Waals surface area contributed by atoms with E-state index in [0.29, 0.717) is 0 Å². The van der Waals surface area contributed by atoms with Crippen molar-refractivity contribution in [3.63, 3.8) is 0 Å². The Morgan fingerprint density at radius 3 is 2.12 bits per heavy atom. The molecule has 2 aromatic rings. The smallest absolute Gasteiger partial charge is 0.279 e. The van der Waals surface area contributed by atoms with Gasteiger partial charge in [-0.1, -0.05) is 32.9 Å². The molecule has 0 aliphatic rings. The monoisotopic (exact) mass is 483 g/mol. The number of nitrogens with one attached hydrogen (secondary N) is 1. The molecule has 25 heavy (non-hydrogen) atoms. The molecule has 0 amide bonds. The highest BCUT2D eigenvalue weighted by atomic mass is 127. The zero-order valence-electron chi connectivity index (χ0n) is 13.8. The molecule has 0 aromatic heterocycles. The van der Waals surface area contributed by atoms with Gasteiger partial charge in [0.15, 0.2) is 0 Å². The molecule has 0 spiro atoms. The molecule has 3 nitrogen and oxygen atoms in total. The molecule has 0 saturated heterocycles. The van der Waals surface area contributed by atoms with Crippen molar-refractivity contribution < 1.29 is 21.6 Å². The van der Waals surface area contributed by atoms with Gasteiger partial charge in [-0.05, 0) is 63.9 Å². The van der Waals surface area contributed by atoms with Crippen molar-refractivity contribution in [3.05, 3.63) is 57.2 Å². The van der Waals surface area contributed by atoms with E-state index in [2.05, 4.69) is 4.72 Å². The average Bonchev–Trinajstić information content (AvgIpc) is 2.47. The van der Waals surface area contributed by atoms with Gasteiger partial charge in [-0.3, -0.25) is 4.72 Å². The molecule has 2 rings (SSSR count). The van der Waals surface area contributed by atoms with Gasteiger partial charge in [0, 0.05) is 3.57 Å². The van der Waals surface area contributed by atoms with E-state index in [1.165, 1.54) is 6.07 Å². The Kier molecular flexibility index (Phi) is 5.44. The molecule has 1 N–H and O–H groups in total. The molecule has 0 atom stereocenters. The van der Waals surface area contributed by atoms with Gasteiger partial charge in [0.25, 0.3) is 10.0 Å². The third-order valence-corrected chi connectivity index (χ3v) is 5.81. The van der Waals surface area contributed by atoms with Crippen LogP contribution in [0.2, 0.25) is 0 Å². The average molecular weight is 483 g/mol. The van der Waals surface area contributed by atoms with E-state index in [-0.39, 0.29) is 19.6 Å². The van der Waals surface area contributed by atoms with Crippen molar-refractivity contribution in [2.45, 2.75) is 37.3 Å². The van der Waals surface area contributed by atoms with Gasteiger partial charge in [0.1, 0.15) is 0 Å². The second kappa shape index (κ2) is 6.79. The first-order valence-corrected chi connectivity index (χ1v) is 9.87. The van der Waals surface area contributed by atoms with Crippen molar-refractivity contribution in [2.24, 2.45) is 0 Å². The minimum absolute atomic E-state index is 0.0654. The van der Waals surface area contributed by atoms with Crippen molar-refractivity contribution >= 4 is 38.3 Å². The maximum absolute atomic E-state index is 12.7. The second-order valence-electron chi connectivity index (χ2n) is 6.58. The van der Waals surface area contributed by atoms with Crippen LogP contribution in [0.5, 0.6) is 0 Å². The Labute approximate surface area is 158 Å². The molecular formula is C17H17F3INO2S. The van der Waals surface area contributed by atoms with Gasteiger partial charge in [-0.15, -0.1) is 0 Å². The van der Waals surface area contributed by atoms with Crippen LogP contribution in [0.15, 0.2) is 47.4 Å². The van der Waals surface area contributed by atoms with Crippen LogP contribution in [0, 0.1) is 3.57 Å².